The number of thioether (sulfide) groups is 1. The Kier molecular flexibility index (Phi) is 4.25. The summed E-state index contributed by atoms with van der Waals surface area (Å²) >= 11 is 10.8. The number of benzene rings is 1. The molecular weight excluding hydrogens is 322 g/mol. The van der Waals surface area contributed by atoms with Crippen LogP contribution in [-0.2, 0) is 0 Å². The quantitative estimate of drug-likeness (QED) is 0.670. The molecule has 1 heterocycles. The summed E-state index contributed by atoms with van der Waals surface area (Å²) in [5, 5.41) is 3.48. The van der Waals surface area contributed by atoms with Crippen molar-refractivity contribution in [2.24, 2.45) is 0 Å². The summed E-state index contributed by atoms with van der Waals surface area (Å²) in [5.41, 5.74) is 0.932. The first-order chi connectivity index (χ1) is 8.19. The summed E-state index contributed by atoms with van der Waals surface area (Å²) in [7, 11) is 0. The Balaban J connectivity index is 2.16. The largest absolute Gasteiger partial charge is 0.324 e. The molecule has 0 aliphatic rings. The van der Waals surface area contributed by atoms with E-state index < -0.39 is 0 Å². The molecule has 0 atom stereocenters. The predicted molar refractivity (Wildman–Crippen MR) is 76.2 cm³/mol. The molecular formula is C11H9BrClN3S. The monoisotopic (exact) mass is 329 g/mol. The van der Waals surface area contributed by atoms with E-state index in [0.717, 1.165) is 5.69 Å². The fourth-order valence-electron chi connectivity index (χ4n) is 1.21. The van der Waals surface area contributed by atoms with Crippen molar-refractivity contribution < 1.29 is 0 Å². The number of anilines is 2. The van der Waals surface area contributed by atoms with Gasteiger partial charge < -0.3 is 5.32 Å². The molecule has 0 saturated heterocycles. The Hall–Kier alpha value is -0.780. The molecule has 1 N–H and O–H groups in total. The minimum Gasteiger partial charge on any atom is -0.324 e. The topological polar surface area (TPSA) is 37.8 Å². The van der Waals surface area contributed by atoms with Gasteiger partial charge in [0.1, 0.15) is 5.15 Å². The SMILES string of the molecule is CSc1ccc(Nc2ncc(Br)c(Cl)n2)cc1. The maximum Gasteiger partial charge on any atom is 0.228 e. The Labute approximate surface area is 117 Å². The van der Waals surface area contributed by atoms with E-state index in [2.05, 4.69) is 31.2 Å². The van der Waals surface area contributed by atoms with Gasteiger partial charge in [0, 0.05) is 16.8 Å². The van der Waals surface area contributed by atoms with Gasteiger partial charge in [-0.1, -0.05) is 11.6 Å². The van der Waals surface area contributed by atoms with E-state index in [1.54, 1.807) is 18.0 Å². The van der Waals surface area contributed by atoms with Crippen molar-refractivity contribution in [3.8, 4) is 0 Å². The van der Waals surface area contributed by atoms with Crippen LogP contribution in [0.5, 0.6) is 0 Å². The third-order valence-electron chi connectivity index (χ3n) is 2.05. The smallest absolute Gasteiger partial charge is 0.228 e. The van der Waals surface area contributed by atoms with Crippen LogP contribution in [-0.4, -0.2) is 16.2 Å². The highest BCUT2D eigenvalue weighted by molar-refractivity contribution is 9.10. The van der Waals surface area contributed by atoms with Gasteiger partial charge >= 0.3 is 0 Å². The molecule has 0 saturated carbocycles. The van der Waals surface area contributed by atoms with E-state index in [0.29, 0.717) is 15.6 Å². The molecule has 0 radical (unpaired) electrons. The normalized spacial score (nSPS) is 10.3. The highest BCUT2D eigenvalue weighted by atomic mass is 79.9. The van der Waals surface area contributed by atoms with Crippen LogP contribution in [0.4, 0.5) is 11.6 Å². The molecule has 88 valence electrons. The number of nitrogens with zero attached hydrogens (tertiary/aromatic N) is 2. The molecule has 0 spiro atoms. The molecule has 2 aromatic rings. The fraction of sp³-hybridized carbons (Fsp3) is 0.0909. The lowest BCUT2D eigenvalue weighted by Crippen LogP contribution is -1.96. The Morgan fingerprint density at radius 3 is 2.59 bits per heavy atom. The van der Waals surface area contributed by atoms with Gasteiger partial charge in [-0.2, -0.15) is 4.98 Å². The average molecular weight is 331 g/mol. The number of aromatic nitrogens is 2. The van der Waals surface area contributed by atoms with E-state index in [4.69, 9.17) is 11.6 Å². The molecule has 1 aromatic carbocycles. The second-order valence-electron chi connectivity index (χ2n) is 3.19. The third kappa shape index (κ3) is 3.34. The van der Waals surface area contributed by atoms with Crippen LogP contribution in [0.2, 0.25) is 5.15 Å². The summed E-state index contributed by atoms with van der Waals surface area (Å²) in [6.07, 6.45) is 3.66. The molecule has 0 unspecified atom stereocenters. The van der Waals surface area contributed by atoms with Gasteiger partial charge in [0.25, 0.3) is 0 Å². The van der Waals surface area contributed by atoms with Crippen LogP contribution < -0.4 is 5.32 Å². The fourth-order valence-corrected chi connectivity index (χ4v) is 1.94. The first-order valence-corrected chi connectivity index (χ1v) is 7.18. The van der Waals surface area contributed by atoms with Crippen LogP contribution >= 0.6 is 39.3 Å². The number of hydrogen-bond donors (Lipinski definition) is 1. The third-order valence-corrected chi connectivity index (χ3v) is 3.89. The Bertz CT molecular complexity index is 519. The number of nitrogens with one attached hydrogen (secondary N) is 1. The van der Waals surface area contributed by atoms with Gasteiger partial charge in [0.15, 0.2) is 0 Å². The Morgan fingerprint density at radius 1 is 1.29 bits per heavy atom. The van der Waals surface area contributed by atoms with Gasteiger partial charge in [-0.05, 0) is 46.5 Å². The van der Waals surface area contributed by atoms with Gasteiger partial charge in [-0.3, -0.25) is 0 Å². The zero-order valence-corrected chi connectivity index (χ0v) is 12.1. The van der Waals surface area contributed by atoms with Crippen molar-refractivity contribution in [3.63, 3.8) is 0 Å². The second kappa shape index (κ2) is 5.71. The lowest BCUT2D eigenvalue weighted by atomic mass is 10.3. The minimum atomic E-state index is 0.392. The van der Waals surface area contributed by atoms with Crippen molar-refractivity contribution in [1.29, 1.82) is 0 Å². The summed E-state index contributed by atoms with van der Waals surface area (Å²) in [6, 6.07) is 8.03. The van der Waals surface area contributed by atoms with E-state index in [1.807, 2.05) is 30.5 Å². The molecule has 3 nitrogen and oxygen atoms in total. The molecule has 0 amide bonds. The lowest BCUT2D eigenvalue weighted by molar-refractivity contribution is 1.15. The van der Waals surface area contributed by atoms with Gasteiger partial charge in [0.2, 0.25) is 5.95 Å². The maximum absolute atomic E-state index is 5.89. The highest BCUT2D eigenvalue weighted by Gasteiger charge is 2.02. The summed E-state index contributed by atoms with van der Waals surface area (Å²) < 4.78 is 0.683. The van der Waals surface area contributed by atoms with Crippen molar-refractivity contribution in [2.45, 2.75) is 4.90 Å². The first kappa shape index (κ1) is 12.7. The first-order valence-electron chi connectivity index (χ1n) is 4.78. The number of rotatable bonds is 3. The van der Waals surface area contributed by atoms with Crippen LogP contribution in [0.15, 0.2) is 39.8 Å². The number of halogens is 2. The molecule has 1 aromatic heterocycles. The molecule has 0 aliphatic carbocycles. The second-order valence-corrected chi connectivity index (χ2v) is 5.28. The zero-order valence-electron chi connectivity index (χ0n) is 8.95. The molecule has 2 rings (SSSR count). The molecule has 0 bridgehead atoms. The Morgan fingerprint density at radius 2 is 2.00 bits per heavy atom. The van der Waals surface area contributed by atoms with Crippen molar-refractivity contribution >= 4 is 50.9 Å². The molecule has 0 aliphatic heterocycles. The van der Waals surface area contributed by atoms with Crippen LogP contribution in [0.1, 0.15) is 0 Å². The highest BCUT2D eigenvalue weighted by Crippen LogP contribution is 2.22. The van der Waals surface area contributed by atoms with Crippen LogP contribution in [0.3, 0.4) is 0 Å². The van der Waals surface area contributed by atoms with E-state index in [-0.39, 0.29) is 0 Å². The van der Waals surface area contributed by atoms with Gasteiger partial charge in [-0.25, -0.2) is 4.98 Å². The molecule has 6 heteroatoms. The zero-order chi connectivity index (χ0) is 12.3. The molecule has 0 fully saturated rings. The lowest BCUT2D eigenvalue weighted by Gasteiger charge is -2.05. The van der Waals surface area contributed by atoms with Crippen molar-refractivity contribution in [3.05, 3.63) is 40.1 Å². The van der Waals surface area contributed by atoms with Gasteiger partial charge in [0.05, 0.1) is 4.47 Å². The summed E-state index contributed by atoms with van der Waals surface area (Å²) in [4.78, 5) is 9.43. The maximum atomic E-state index is 5.89. The predicted octanol–water partition coefficient (Wildman–Crippen LogP) is 4.36. The number of hydrogen-bond acceptors (Lipinski definition) is 4. The average Bonchev–Trinajstić information content (AvgIpc) is 2.35. The standard InChI is InChI=1S/C11H9BrClN3S/c1-17-8-4-2-7(3-5-8)15-11-14-6-9(12)10(13)16-11/h2-6H,1H3,(H,14,15,16). The van der Waals surface area contributed by atoms with Crippen LogP contribution in [0.25, 0.3) is 0 Å². The summed E-state index contributed by atoms with van der Waals surface area (Å²) in [5.74, 6) is 0.482. The van der Waals surface area contributed by atoms with Crippen molar-refractivity contribution in [2.75, 3.05) is 11.6 Å². The van der Waals surface area contributed by atoms with E-state index in [1.165, 1.54) is 4.90 Å². The molecule has 17 heavy (non-hydrogen) atoms. The van der Waals surface area contributed by atoms with Crippen LogP contribution in [0, 0.1) is 0 Å². The van der Waals surface area contributed by atoms with E-state index >= 15 is 0 Å². The van der Waals surface area contributed by atoms with Crippen molar-refractivity contribution in [1.82, 2.24) is 9.97 Å². The van der Waals surface area contributed by atoms with Gasteiger partial charge in [-0.15, -0.1) is 11.8 Å². The van der Waals surface area contributed by atoms with E-state index in [9.17, 15) is 0 Å². The minimum absolute atomic E-state index is 0.392. The summed E-state index contributed by atoms with van der Waals surface area (Å²) in [6.45, 7) is 0.